The van der Waals surface area contributed by atoms with Crippen molar-refractivity contribution < 1.29 is 61.6 Å². The molecule has 61 heavy (non-hydrogen) atoms. The highest BCUT2D eigenvalue weighted by atomic mass is 31.2. The van der Waals surface area contributed by atoms with Gasteiger partial charge in [0.15, 0.2) is 6.10 Å². The Bertz CT molecular complexity index is 1310. The van der Waals surface area contributed by atoms with Crippen LogP contribution in [0, 0.1) is 0 Å². The van der Waals surface area contributed by atoms with Crippen LogP contribution in [0.2, 0.25) is 0 Å². The maximum atomic E-state index is 12.7. The molecule has 1 unspecified atom stereocenters. The zero-order chi connectivity index (χ0) is 45.1. The molecule has 0 aliphatic carbocycles. The highest BCUT2D eigenvalue weighted by Crippen LogP contribution is 2.43. The van der Waals surface area contributed by atoms with Gasteiger partial charge in [-0.2, -0.15) is 0 Å². The third kappa shape index (κ3) is 45.7. The minimum Gasteiger partial charge on any atom is -0.462 e. The average Bonchev–Trinajstić information content (AvgIpc) is 3.22. The number of aliphatic hydroxyl groups excluding tert-OH is 1. The molecule has 0 aliphatic rings. The molecule has 4 N–H and O–H groups in total. The maximum Gasteiger partial charge on any atom is 0.472 e. The molecule has 0 fully saturated rings. The van der Waals surface area contributed by atoms with E-state index in [2.05, 4.69) is 83.7 Å². The van der Waals surface area contributed by atoms with E-state index in [1.54, 1.807) is 0 Å². The fraction of sp³-hybridized carbons (Fsp3) is 0.739. The zero-order valence-corrected chi connectivity index (χ0v) is 39.3. The number of carbonyl (C=O) groups is 2. The van der Waals surface area contributed by atoms with Crippen LogP contribution in [0.4, 0.5) is 0 Å². The van der Waals surface area contributed by atoms with Gasteiger partial charge in [0, 0.05) is 12.8 Å². The molecule has 0 aromatic carbocycles. The molecule has 13 nitrogen and oxygen atoms in total. The topological polar surface area (TPSA) is 195 Å². The SMILES string of the molecule is CCCCC/C=C\C/C=C\C/C=C\C/C=C\CCCCCC(=O)O[C@H](COC(=O)CCCCCCCCC/C=C\CCCCCC)COP(=O)(O)OC[C@@H](O)COP(=O)(O)O. The van der Waals surface area contributed by atoms with Crippen LogP contribution in [0.3, 0.4) is 0 Å². The van der Waals surface area contributed by atoms with Gasteiger partial charge in [-0.1, -0.05) is 145 Å². The summed E-state index contributed by atoms with van der Waals surface area (Å²) in [6.07, 6.45) is 44.9. The van der Waals surface area contributed by atoms with Gasteiger partial charge in [0.05, 0.1) is 19.8 Å². The van der Waals surface area contributed by atoms with E-state index in [9.17, 15) is 28.7 Å². The lowest BCUT2D eigenvalue weighted by Gasteiger charge is -2.20. The monoisotopic (exact) mass is 905 g/mol. The number of phosphoric acid groups is 2. The summed E-state index contributed by atoms with van der Waals surface area (Å²) in [7, 11) is -9.69. The van der Waals surface area contributed by atoms with Crippen LogP contribution >= 0.6 is 15.6 Å². The second-order valence-corrected chi connectivity index (χ2v) is 18.0. The lowest BCUT2D eigenvalue weighted by molar-refractivity contribution is -0.161. The summed E-state index contributed by atoms with van der Waals surface area (Å²) < 4.78 is 47.8. The molecular formula is C46H82O13P2. The molecule has 0 aromatic heterocycles. The van der Waals surface area contributed by atoms with E-state index in [0.717, 1.165) is 77.0 Å². The predicted octanol–water partition coefficient (Wildman–Crippen LogP) is 12.0. The first-order chi connectivity index (χ1) is 29.4. The second-order valence-electron chi connectivity index (χ2n) is 15.3. The minimum absolute atomic E-state index is 0.0912. The van der Waals surface area contributed by atoms with Gasteiger partial charge in [-0.05, 0) is 83.5 Å². The second kappa shape index (κ2) is 41.8. The Morgan fingerprint density at radius 3 is 1.38 bits per heavy atom. The first kappa shape index (κ1) is 58.8. The van der Waals surface area contributed by atoms with Crippen LogP contribution in [0.1, 0.15) is 181 Å². The number of ether oxygens (including phenoxy) is 2. The van der Waals surface area contributed by atoms with Crippen LogP contribution in [0.15, 0.2) is 60.8 Å². The van der Waals surface area contributed by atoms with Crippen LogP contribution < -0.4 is 0 Å². The minimum atomic E-state index is -4.87. The summed E-state index contributed by atoms with van der Waals surface area (Å²) in [4.78, 5) is 52.7. The largest absolute Gasteiger partial charge is 0.472 e. The Morgan fingerprint density at radius 2 is 0.852 bits per heavy atom. The van der Waals surface area contributed by atoms with E-state index in [1.807, 2.05) is 0 Å². The lowest BCUT2D eigenvalue weighted by Crippen LogP contribution is -2.30. The van der Waals surface area contributed by atoms with Crippen molar-refractivity contribution in [3.05, 3.63) is 60.8 Å². The average molecular weight is 905 g/mol. The van der Waals surface area contributed by atoms with Gasteiger partial charge in [-0.15, -0.1) is 0 Å². The van der Waals surface area contributed by atoms with Crippen LogP contribution in [-0.2, 0) is 41.8 Å². The Hall–Kier alpha value is -2.18. The summed E-state index contributed by atoms with van der Waals surface area (Å²) >= 11 is 0. The third-order valence-corrected chi connectivity index (χ3v) is 10.8. The van der Waals surface area contributed by atoms with Gasteiger partial charge in [0.2, 0.25) is 0 Å². The summed E-state index contributed by atoms with van der Waals surface area (Å²) in [5.74, 6) is -1.07. The van der Waals surface area contributed by atoms with Gasteiger partial charge >= 0.3 is 27.6 Å². The molecule has 0 spiro atoms. The smallest absolute Gasteiger partial charge is 0.462 e. The number of hydrogen-bond donors (Lipinski definition) is 4. The number of aliphatic hydroxyl groups is 1. The molecule has 0 aromatic rings. The quantitative estimate of drug-likeness (QED) is 0.0195. The third-order valence-electron chi connectivity index (χ3n) is 9.37. The number of phosphoric ester groups is 2. The number of unbranched alkanes of at least 4 members (excludes halogenated alkanes) is 17. The van der Waals surface area contributed by atoms with Crippen molar-refractivity contribution in [2.45, 2.75) is 193 Å². The van der Waals surface area contributed by atoms with Crippen molar-refractivity contribution in [2.75, 3.05) is 26.4 Å². The van der Waals surface area contributed by atoms with Crippen molar-refractivity contribution in [2.24, 2.45) is 0 Å². The lowest BCUT2D eigenvalue weighted by atomic mass is 10.1. The molecule has 0 heterocycles. The molecule has 0 saturated heterocycles. The van der Waals surface area contributed by atoms with E-state index >= 15 is 0 Å². The first-order valence-corrected chi connectivity index (χ1v) is 26.0. The molecule has 0 aliphatic heterocycles. The molecule has 0 amide bonds. The van der Waals surface area contributed by atoms with Crippen LogP contribution in [0.25, 0.3) is 0 Å². The number of rotatable bonds is 43. The molecular weight excluding hydrogens is 822 g/mol. The van der Waals surface area contributed by atoms with E-state index < -0.39 is 66.2 Å². The van der Waals surface area contributed by atoms with E-state index in [1.165, 1.54) is 64.2 Å². The van der Waals surface area contributed by atoms with Crippen molar-refractivity contribution in [1.29, 1.82) is 0 Å². The predicted molar refractivity (Wildman–Crippen MR) is 244 cm³/mol. The highest BCUT2D eigenvalue weighted by molar-refractivity contribution is 7.47. The van der Waals surface area contributed by atoms with Gasteiger partial charge in [-0.25, -0.2) is 9.13 Å². The molecule has 354 valence electrons. The molecule has 15 heteroatoms. The van der Waals surface area contributed by atoms with Gasteiger partial charge in [-0.3, -0.25) is 23.2 Å². The zero-order valence-electron chi connectivity index (χ0n) is 37.5. The Balaban J connectivity index is 4.57. The van der Waals surface area contributed by atoms with Gasteiger partial charge in [0.1, 0.15) is 12.7 Å². The van der Waals surface area contributed by atoms with Gasteiger partial charge in [0.25, 0.3) is 0 Å². The van der Waals surface area contributed by atoms with Crippen molar-refractivity contribution >= 4 is 27.6 Å². The van der Waals surface area contributed by atoms with E-state index in [0.29, 0.717) is 12.8 Å². The Kier molecular flexibility index (Phi) is 40.3. The highest BCUT2D eigenvalue weighted by Gasteiger charge is 2.28. The number of hydrogen-bond acceptors (Lipinski definition) is 10. The first-order valence-electron chi connectivity index (χ1n) is 23.0. The molecule has 0 bridgehead atoms. The number of allylic oxidation sites excluding steroid dienone is 10. The van der Waals surface area contributed by atoms with Crippen LogP contribution in [0.5, 0.6) is 0 Å². The normalized spacial score (nSPS) is 14.5. The van der Waals surface area contributed by atoms with Crippen LogP contribution in [-0.4, -0.2) is 70.4 Å². The summed E-state index contributed by atoms with van der Waals surface area (Å²) in [6, 6.07) is 0. The summed E-state index contributed by atoms with van der Waals surface area (Å²) in [6.45, 7) is 1.69. The number of carbonyl (C=O) groups excluding carboxylic acids is 2. The standard InChI is InChI=1S/C46H82O13P2/c1-3-5-7-9-11-13-15-17-19-20-21-22-24-26-28-30-32-34-36-38-46(49)59-44(42-58-61(53,54)57-40-43(47)39-56-60(50,51)52)41-55-45(48)37-35-33-31-29-27-25-23-18-16-14-12-10-8-6-4-2/h11,13-14,16-17,19,21-22,26,28,43-44,47H,3-10,12,15,18,20,23-25,27,29-42H2,1-2H3,(H,53,54)(H2,50,51,52)/b13-11-,16-14-,19-17-,22-21-,28-26-/t43-,44+/m0/s1. The van der Waals surface area contributed by atoms with Crippen molar-refractivity contribution in [3.8, 4) is 0 Å². The molecule has 0 rings (SSSR count). The molecule has 0 radical (unpaired) electrons. The maximum absolute atomic E-state index is 12.7. The van der Waals surface area contributed by atoms with Crippen molar-refractivity contribution in [3.63, 3.8) is 0 Å². The summed E-state index contributed by atoms with van der Waals surface area (Å²) in [5.41, 5.74) is 0. The number of esters is 2. The van der Waals surface area contributed by atoms with Crippen molar-refractivity contribution in [1.82, 2.24) is 0 Å². The van der Waals surface area contributed by atoms with E-state index in [-0.39, 0.29) is 12.8 Å². The fourth-order valence-electron chi connectivity index (χ4n) is 5.85. The molecule has 3 atom stereocenters. The van der Waals surface area contributed by atoms with Gasteiger partial charge < -0.3 is 29.3 Å². The molecule has 0 saturated carbocycles. The fourth-order valence-corrected chi connectivity index (χ4v) is 7.01. The van der Waals surface area contributed by atoms with E-state index in [4.69, 9.17) is 23.8 Å². The Labute approximate surface area is 368 Å². The summed E-state index contributed by atoms with van der Waals surface area (Å²) in [5, 5.41) is 9.75. The Morgan fingerprint density at radius 1 is 0.475 bits per heavy atom.